The van der Waals surface area contributed by atoms with Crippen molar-refractivity contribution in [2.45, 2.75) is 33.1 Å². The molecule has 0 aliphatic rings. The first-order valence-corrected chi connectivity index (χ1v) is 6.53. The molecule has 2 aromatic carbocycles. The molecule has 2 rings (SSSR count). The van der Waals surface area contributed by atoms with Crippen molar-refractivity contribution in [3.8, 4) is 11.5 Å². The van der Waals surface area contributed by atoms with Crippen molar-refractivity contribution in [2.75, 3.05) is 0 Å². The van der Waals surface area contributed by atoms with Gasteiger partial charge in [-0.15, -0.1) is 0 Å². The van der Waals surface area contributed by atoms with Gasteiger partial charge in [0.05, 0.1) is 0 Å². The van der Waals surface area contributed by atoms with Crippen LogP contribution in [0, 0.1) is 19.7 Å². The van der Waals surface area contributed by atoms with Crippen LogP contribution in [-0.2, 0) is 5.41 Å². The van der Waals surface area contributed by atoms with E-state index in [1.165, 1.54) is 6.07 Å². The minimum Gasteiger partial charge on any atom is -0.508 e. The Morgan fingerprint density at radius 1 is 0.950 bits per heavy atom. The van der Waals surface area contributed by atoms with Crippen LogP contribution in [0.25, 0.3) is 0 Å². The van der Waals surface area contributed by atoms with E-state index in [-0.39, 0.29) is 11.5 Å². The lowest BCUT2D eigenvalue weighted by molar-refractivity contribution is 0.458. The standard InChI is InChI=1S/C17H19FO2/c1-10-11(2)16(14(18)9-15(10)20)17(3,4)12-5-7-13(19)8-6-12/h5-9,19-20H,1-4H3. The molecule has 0 atom stereocenters. The molecule has 2 N–H and O–H groups in total. The highest BCUT2D eigenvalue weighted by Crippen LogP contribution is 2.39. The summed E-state index contributed by atoms with van der Waals surface area (Å²) in [6, 6.07) is 7.93. The highest BCUT2D eigenvalue weighted by molar-refractivity contribution is 5.50. The summed E-state index contributed by atoms with van der Waals surface area (Å²) in [7, 11) is 0. The number of benzene rings is 2. The van der Waals surface area contributed by atoms with Gasteiger partial charge in [0, 0.05) is 17.0 Å². The fraction of sp³-hybridized carbons (Fsp3) is 0.294. The lowest BCUT2D eigenvalue weighted by Gasteiger charge is -2.29. The molecule has 2 nitrogen and oxygen atoms in total. The fourth-order valence-corrected chi connectivity index (χ4v) is 2.65. The molecule has 0 radical (unpaired) electrons. The fourth-order valence-electron chi connectivity index (χ4n) is 2.65. The van der Waals surface area contributed by atoms with E-state index in [4.69, 9.17) is 0 Å². The minimum absolute atomic E-state index is 0.0229. The number of halogens is 1. The first-order chi connectivity index (χ1) is 9.25. The molecule has 0 aromatic heterocycles. The Balaban J connectivity index is 2.66. The second-order valence-electron chi connectivity index (χ2n) is 5.67. The second kappa shape index (κ2) is 4.82. The number of phenols is 2. The molecule has 106 valence electrons. The molecule has 0 aliphatic heterocycles. The Morgan fingerprint density at radius 2 is 1.50 bits per heavy atom. The van der Waals surface area contributed by atoms with Gasteiger partial charge in [-0.1, -0.05) is 26.0 Å². The third-order valence-corrected chi connectivity index (χ3v) is 4.04. The van der Waals surface area contributed by atoms with Crippen LogP contribution in [0.1, 0.15) is 36.1 Å². The topological polar surface area (TPSA) is 40.5 Å². The third-order valence-electron chi connectivity index (χ3n) is 4.04. The monoisotopic (exact) mass is 274 g/mol. The van der Waals surface area contributed by atoms with Crippen LogP contribution in [0.15, 0.2) is 30.3 Å². The maximum Gasteiger partial charge on any atom is 0.131 e. The summed E-state index contributed by atoms with van der Waals surface area (Å²) in [5.41, 5.74) is 2.36. The van der Waals surface area contributed by atoms with Gasteiger partial charge in [-0.3, -0.25) is 0 Å². The number of aromatic hydroxyl groups is 2. The molecule has 20 heavy (non-hydrogen) atoms. The second-order valence-corrected chi connectivity index (χ2v) is 5.67. The summed E-state index contributed by atoms with van der Waals surface area (Å²) in [5, 5.41) is 19.1. The normalized spacial score (nSPS) is 11.7. The molecule has 0 amide bonds. The van der Waals surface area contributed by atoms with Gasteiger partial charge in [0.2, 0.25) is 0 Å². The smallest absolute Gasteiger partial charge is 0.131 e. The molecular formula is C17H19FO2. The maximum absolute atomic E-state index is 14.3. The van der Waals surface area contributed by atoms with E-state index in [2.05, 4.69) is 0 Å². The summed E-state index contributed by atoms with van der Waals surface area (Å²) in [6.07, 6.45) is 0. The van der Waals surface area contributed by atoms with E-state index in [0.717, 1.165) is 11.1 Å². The van der Waals surface area contributed by atoms with Crippen LogP contribution in [-0.4, -0.2) is 10.2 Å². The molecular weight excluding hydrogens is 255 g/mol. The SMILES string of the molecule is Cc1c(O)cc(F)c(C(C)(C)c2ccc(O)cc2)c1C. The van der Waals surface area contributed by atoms with Crippen LogP contribution in [0.2, 0.25) is 0 Å². The third kappa shape index (κ3) is 2.24. The zero-order chi connectivity index (χ0) is 15.1. The molecule has 0 bridgehead atoms. The Bertz CT molecular complexity index is 643. The predicted molar refractivity (Wildman–Crippen MR) is 77.8 cm³/mol. The highest BCUT2D eigenvalue weighted by Gasteiger charge is 2.29. The first kappa shape index (κ1) is 14.4. The zero-order valence-electron chi connectivity index (χ0n) is 12.2. The Labute approximate surface area is 118 Å². The van der Waals surface area contributed by atoms with Crippen LogP contribution in [0.3, 0.4) is 0 Å². The Hall–Kier alpha value is -2.03. The summed E-state index contributed by atoms with van der Waals surface area (Å²) in [4.78, 5) is 0. The molecule has 0 heterocycles. The van der Waals surface area contributed by atoms with Gasteiger partial charge in [0.15, 0.2) is 0 Å². The molecule has 0 aliphatic carbocycles. The Kier molecular flexibility index (Phi) is 3.46. The summed E-state index contributed by atoms with van der Waals surface area (Å²) >= 11 is 0. The van der Waals surface area contributed by atoms with Gasteiger partial charge in [0.1, 0.15) is 17.3 Å². The van der Waals surface area contributed by atoms with E-state index in [9.17, 15) is 14.6 Å². The van der Waals surface area contributed by atoms with Gasteiger partial charge in [0.25, 0.3) is 0 Å². The lowest BCUT2D eigenvalue weighted by Crippen LogP contribution is -2.22. The highest BCUT2D eigenvalue weighted by atomic mass is 19.1. The Morgan fingerprint density at radius 3 is 2.05 bits per heavy atom. The van der Waals surface area contributed by atoms with Crippen LogP contribution in [0.4, 0.5) is 4.39 Å². The number of hydrogen-bond donors (Lipinski definition) is 2. The van der Waals surface area contributed by atoms with Gasteiger partial charge >= 0.3 is 0 Å². The number of hydrogen-bond acceptors (Lipinski definition) is 2. The molecule has 0 fully saturated rings. The van der Waals surface area contributed by atoms with E-state index in [0.29, 0.717) is 11.1 Å². The van der Waals surface area contributed by atoms with Gasteiger partial charge in [-0.2, -0.15) is 0 Å². The largest absolute Gasteiger partial charge is 0.508 e. The quantitative estimate of drug-likeness (QED) is 0.862. The van der Waals surface area contributed by atoms with Crippen molar-refractivity contribution in [2.24, 2.45) is 0 Å². The van der Waals surface area contributed by atoms with Gasteiger partial charge in [-0.05, 0) is 42.7 Å². The molecule has 0 saturated carbocycles. The first-order valence-electron chi connectivity index (χ1n) is 6.53. The molecule has 3 heteroatoms. The van der Waals surface area contributed by atoms with Gasteiger partial charge in [-0.25, -0.2) is 4.39 Å². The zero-order valence-corrected chi connectivity index (χ0v) is 12.2. The van der Waals surface area contributed by atoms with Crippen molar-refractivity contribution in [3.05, 3.63) is 58.4 Å². The molecule has 0 unspecified atom stereocenters. The van der Waals surface area contributed by atoms with Crippen molar-refractivity contribution >= 4 is 0 Å². The summed E-state index contributed by atoms with van der Waals surface area (Å²) < 4.78 is 14.3. The van der Waals surface area contributed by atoms with Crippen LogP contribution < -0.4 is 0 Å². The van der Waals surface area contributed by atoms with Crippen LogP contribution >= 0.6 is 0 Å². The molecule has 0 spiro atoms. The van der Waals surface area contributed by atoms with Crippen molar-refractivity contribution < 1.29 is 14.6 Å². The number of rotatable bonds is 2. The van der Waals surface area contributed by atoms with E-state index < -0.39 is 11.2 Å². The maximum atomic E-state index is 14.3. The van der Waals surface area contributed by atoms with E-state index in [1.807, 2.05) is 20.8 Å². The van der Waals surface area contributed by atoms with Gasteiger partial charge < -0.3 is 10.2 Å². The van der Waals surface area contributed by atoms with Crippen molar-refractivity contribution in [1.82, 2.24) is 0 Å². The van der Waals surface area contributed by atoms with Crippen LogP contribution in [0.5, 0.6) is 11.5 Å². The molecule has 0 saturated heterocycles. The summed E-state index contributed by atoms with van der Waals surface area (Å²) in [6.45, 7) is 7.46. The van der Waals surface area contributed by atoms with E-state index in [1.54, 1.807) is 31.2 Å². The van der Waals surface area contributed by atoms with E-state index >= 15 is 0 Å². The van der Waals surface area contributed by atoms with Crippen molar-refractivity contribution in [3.63, 3.8) is 0 Å². The average Bonchev–Trinajstić information content (AvgIpc) is 2.36. The average molecular weight is 274 g/mol. The number of phenolic OH excluding ortho intramolecular Hbond substituents is 2. The summed E-state index contributed by atoms with van der Waals surface area (Å²) in [5.74, 6) is -0.252. The predicted octanol–water partition coefficient (Wildman–Crippen LogP) is 4.18. The molecule has 2 aromatic rings. The lowest BCUT2D eigenvalue weighted by atomic mass is 9.75. The minimum atomic E-state index is -0.555. The van der Waals surface area contributed by atoms with Crippen molar-refractivity contribution in [1.29, 1.82) is 0 Å².